The summed E-state index contributed by atoms with van der Waals surface area (Å²) in [7, 11) is 0. The van der Waals surface area contributed by atoms with Gasteiger partial charge >= 0.3 is 0 Å². The standard InChI is InChI=1S/C10H12N2O2/c11-9(12)7-2-1-3-8-6(7)4-5-10(8,13)14/h1-3,13-14H,4-5H2,(H3,11,12). The van der Waals surface area contributed by atoms with E-state index in [-0.39, 0.29) is 12.3 Å². The first-order chi connectivity index (χ1) is 6.52. The Labute approximate surface area is 81.5 Å². The number of nitrogens with two attached hydrogens (primary N) is 1. The van der Waals surface area contributed by atoms with Gasteiger partial charge in [-0.1, -0.05) is 18.2 Å². The van der Waals surface area contributed by atoms with Crippen LogP contribution >= 0.6 is 0 Å². The molecule has 14 heavy (non-hydrogen) atoms. The van der Waals surface area contributed by atoms with Gasteiger partial charge in [-0.3, -0.25) is 5.41 Å². The molecule has 0 unspecified atom stereocenters. The van der Waals surface area contributed by atoms with Crippen molar-refractivity contribution in [1.82, 2.24) is 0 Å². The van der Waals surface area contributed by atoms with Crippen molar-refractivity contribution in [3.63, 3.8) is 0 Å². The maximum absolute atomic E-state index is 9.60. The molecule has 0 aliphatic heterocycles. The number of hydrogen-bond acceptors (Lipinski definition) is 3. The Balaban J connectivity index is 2.61. The summed E-state index contributed by atoms with van der Waals surface area (Å²) in [6.45, 7) is 0. The number of amidine groups is 1. The van der Waals surface area contributed by atoms with Crippen molar-refractivity contribution in [3.8, 4) is 0 Å². The quantitative estimate of drug-likeness (QED) is 0.288. The van der Waals surface area contributed by atoms with Crippen molar-refractivity contribution in [2.45, 2.75) is 18.6 Å². The highest BCUT2D eigenvalue weighted by Gasteiger charge is 2.35. The van der Waals surface area contributed by atoms with E-state index in [1.807, 2.05) is 0 Å². The monoisotopic (exact) mass is 192 g/mol. The normalized spacial score (nSPS) is 17.9. The first kappa shape index (κ1) is 9.18. The Bertz CT molecular complexity index is 399. The molecule has 0 aromatic heterocycles. The summed E-state index contributed by atoms with van der Waals surface area (Å²) in [6.07, 6.45) is 0.824. The zero-order valence-corrected chi connectivity index (χ0v) is 7.62. The molecule has 0 heterocycles. The average Bonchev–Trinajstić information content (AvgIpc) is 2.42. The topological polar surface area (TPSA) is 90.3 Å². The van der Waals surface area contributed by atoms with E-state index >= 15 is 0 Å². The molecule has 1 aliphatic carbocycles. The van der Waals surface area contributed by atoms with Crippen LogP contribution in [0.4, 0.5) is 0 Å². The molecule has 5 N–H and O–H groups in total. The molecule has 0 fully saturated rings. The van der Waals surface area contributed by atoms with Gasteiger partial charge in [0.05, 0.1) is 0 Å². The van der Waals surface area contributed by atoms with Crippen LogP contribution in [0.15, 0.2) is 18.2 Å². The van der Waals surface area contributed by atoms with Crippen LogP contribution < -0.4 is 5.73 Å². The molecule has 0 saturated heterocycles. The fraction of sp³-hybridized carbons (Fsp3) is 0.300. The number of benzene rings is 1. The Morgan fingerprint density at radius 2 is 2.14 bits per heavy atom. The van der Waals surface area contributed by atoms with Crippen LogP contribution in [-0.2, 0) is 12.2 Å². The Morgan fingerprint density at radius 1 is 1.43 bits per heavy atom. The third-order valence-electron chi connectivity index (χ3n) is 2.62. The molecule has 74 valence electrons. The van der Waals surface area contributed by atoms with Crippen LogP contribution in [-0.4, -0.2) is 16.0 Å². The van der Waals surface area contributed by atoms with Crippen LogP contribution in [0, 0.1) is 5.41 Å². The first-order valence-electron chi connectivity index (χ1n) is 4.44. The second kappa shape index (κ2) is 2.80. The minimum atomic E-state index is -1.75. The molecule has 1 aliphatic rings. The van der Waals surface area contributed by atoms with Gasteiger partial charge in [0, 0.05) is 17.5 Å². The SMILES string of the molecule is N=C(N)c1cccc2c1CCC2(O)O. The molecule has 0 spiro atoms. The largest absolute Gasteiger partial charge is 0.384 e. The highest BCUT2D eigenvalue weighted by atomic mass is 16.5. The summed E-state index contributed by atoms with van der Waals surface area (Å²) in [5.41, 5.74) is 7.26. The van der Waals surface area contributed by atoms with E-state index in [2.05, 4.69) is 0 Å². The predicted octanol–water partition coefficient (Wildman–Crippen LogP) is 0.0543. The van der Waals surface area contributed by atoms with Gasteiger partial charge in [0.15, 0.2) is 5.79 Å². The lowest BCUT2D eigenvalue weighted by molar-refractivity contribution is -0.166. The molecule has 2 rings (SSSR count). The van der Waals surface area contributed by atoms with Crippen LogP contribution in [0.1, 0.15) is 23.1 Å². The molecule has 4 nitrogen and oxygen atoms in total. The number of rotatable bonds is 1. The van der Waals surface area contributed by atoms with Crippen LogP contribution in [0.2, 0.25) is 0 Å². The van der Waals surface area contributed by atoms with Gasteiger partial charge in [0.1, 0.15) is 5.84 Å². The van der Waals surface area contributed by atoms with Crippen LogP contribution in [0.3, 0.4) is 0 Å². The van der Waals surface area contributed by atoms with E-state index in [4.69, 9.17) is 11.1 Å². The van der Waals surface area contributed by atoms with Crippen LogP contribution in [0.5, 0.6) is 0 Å². The molecule has 0 atom stereocenters. The maximum atomic E-state index is 9.60. The van der Waals surface area contributed by atoms with Gasteiger partial charge in [-0.05, 0) is 12.0 Å². The summed E-state index contributed by atoms with van der Waals surface area (Å²) in [5.74, 6) is -1.78. The van der Waals surface area contributed by atoms with E-state index in [1.54, 1.807) is 18.2 Å². The Hall–Kier alpha value is -1.39. The number of hydrogen-bond donors (Lipinski definition) is 4. The summed E-state index contributed by atoms with van der Waals surface area (Å²) in [5, 5.41) is 26.5. The molecule has 0 bridgehead atoms. The summed E-state index contributed by atoms with van der Waals surface area (Å²) >= 11 is 0. The number of fused-ring (bicyclic) bond motifs is 1. The van der Waals surface area contributed by atoms with Crippen molar-refractivity contribution in [2.24, 2.45) is 5.73 Å². The van der Waals surface area contributed by atoms with E-state index in [0.717, 1.165) is 5.56 Å². The molecule has 1 aromatic rings. The highest BCUT2D eigenvalue weighted by Crippen LogP contribution is 2.36. The molecule has 1 aromatic carbocycles. The van der Waals surface area contributed by atoms with Crippen molar-refractivity contribution >= 4 is 5.84 Å². The lowest BCUT2D eigenvalue weighted by atomic mass is 10.0. The number of aliphatic hydroxyl groups is 2. The van der Waals surface area contributed by atoms with Crippen molar-refractivity contribution in [3.05, 3.63) is 34.9 Å². The number of nitrogens with one attached hydrogen (secondary N) is 1. The van der Waals surface area contributed by atoms with Crippen molar-refractivity contribution < 1.29 is 10.2 Å². The molecule has 0 radical (unpaired) electrons. The molecule has 0 saturated carbocycles. The van der Waals surface area contributed by atoms with Crippen LogP contribution in [0.25, 0.3) is 0 Å². The molecule has 4 heteroatoms. The van der Waals surface area contributed by atoms with E-state index in [1.165, 1.54) is 0 Å². The summed E-state index contributed by atoms with van der Waals surface area (Å²) in [6, 6.07) is 5.07. The van der Waals surface area contributed by atoms with Crippen molar-refractivity contribution in [1.29, 1.82) is 5.41 Å². The van der Waals surface area contributed by atoms with Gasteiger partial charge in [-0.25, -0.2) is 0 Å². The maximum Gasteiger partial charge on any atom is 0.190 e. The second-order valence-electron chi connectivity index (χ2n) is 3.56. The van der Waals surface area contributed by atoms with Gasteiger partial charge in [-0.15, -0.1) is 0 Å². The van der Waals surface area contributed by atoms with E-state index in [0.29, 0.717) is 17.5 Å². The third kappa shape index (κ3) is 1.20. The number of nitrogen functional groups attached to an aromatic ring is 1. The Morgan fingerprint density at radius 3 is 2.79 bits per heavy atom. The van der Waals surface area contributed by atoms with E-state index in [9.17, 15) is 10.2 Å². The minimum Gasteiger partial charge on any atom is -0.384 e. The third-order valence-corrected chi connectivity index (χ3v) is 2.62. The fourth-order valence-corrected chi connectivity index (χ4v) is 1.92. The fourth-order valence-electron chi connectivity index (χ4n) is 1.92. The minimum absolute atomic E-state index is 0.0282. The van der Waals surface area contributed by atoms with Gasteiger partial charge in [0.2, 0.25) is 0 Å². The zero-order chi connectivity index (χ0) is 10.3. The Kier molecular flexibility index (Phi) is 1.83. The molecular formula is C10H12N2O2. The molecular weight excluding hydrogens is 180 g/mol. The summed E-state index contributed by atoms with van der Waals surface area (Å²) in [4.78, 5) is 0. The van der Waals surface area contributed by atoms with Gasteiger partial charge in [0.25, 0.3) is 0 Å². The second-order valence-corrected chi connectivity index (χ2v) is 3.56. The molecule has 0 amide bonds. The lowest BCUT2D eigenvalue weighted by Crippen LogP contribution is -2.21. The first-order valence-corrected chi connectivity index (χ1v) is 4.44. The highest BCUT2D eigenvalue weighted by molar-refractivity contribution is 5.96. The summed E-state index contributed by atoms with van der Waals surface area (Å²) < 4.78 is 0. The van der Waals surface area contributed by atoms with Crippen molar-refractivity contribution in [2.75, 3.05) is 0 Å². The zero-order valence-electron chi connectivity index (χ0n) is 7.62. The van der Waals surface area contributed by atoms with Gasteiger partial charge < -0.3 is 15.9 Å². The average molecular weight is 192 g/mol. The predicted molar refractivity (Wildman–Crippen MR) is 51.9 cm³/mol. The smallest absolute Gasteiger partial charge is 0.190 e. The van der Waals surface area contributed by atoms with E-state index < -0.39 is 5.79 Å². The lowest BCUT2D eigenvalue weighted by Gasteiger charge is -2.16. The van der Waals surface area contributed by atoms with Gasteiger partial charge in [-0.2, -0.15) is 0 Å².